The number of carbonyl (C=O) groups excluding carboxylic acids is 1. The standard InChI is InChI=1S/C20H42O4Si2.C20H40O4Si2/c2*1-19(2,3)25(7,8)22-13-15-14-11-18(21)23-16(14)12-17(15)24-26(9,10)20(4,5)6/h14-18,21H,11-13H2,1-10H3;14-17H,11-13H2,1-10H3/t14-,15-,16+,17-,18?;14-,15-,16+,17-/m11/s1. The van der Waals surface area contributed by atoms with Gasteiger partial charge in [0.1, 0.15) is 6.10 Å². The molecule has 0 radical (unpaired) electrons. The normalized spacial score (nSPS) is 32.0. The summed E-state index contributed by atoms with van der Waals surface area (Å²) >= 11 is 0. The van der Waals surface area contributed by atoms with Crippen molar-refractivity contribution in [3.8, 4) is 0 Å². The van der Waals surface area contributed by atoms with Crippen molar-refractivity contribution >= 4 is 39.2 Å². The number of fused-ring (bicyclic) bond motifs is 2. The lowest BCUT2D eigenvalue weighted by Gasteiger charge is -2.42. The van der Waals surface area contributed by atoms with E-state index in [-0.39, 0.29) is 62.4 Å². The minimum Gasteiger partial charge on any atom is -0.462 e. The molecule has 1 N–H and O–H groups in total. The average Bonchev–Trinajstić information content (AvgIpc) is 3.62. The predicted octanol–water partition coefficient (Wildman–Crippen LogP) is 10.5. The summed E-state index contributed by atoms with van der Waals surface area (Å²) in [5.74, 6) is 1.13. The summed E-state index contributed by atoms with van der Waals surface area (Å²) in [4.78, 5) is 11.8. The fourth-order valence-electron chi connectivity index (χ4n) is 6.95. The Kier molecular flexibility index (Phi) is 14.1. The summed E-state index contributed by atoms with van der Waals surface area (Å²) in [7, 11) is -7.36. The van der Waals surface area contributed by atoms with Gasteiger partial charge in [-0.15, -0.1) is 0 Å². The highest BCUT2D eigenvalue weighted by Crippen LogP contribution is 2.50. The zero-order chi connectivity index (χ0) is 40.3. The summed E-state index contributed by atoms with van der Waals surface area (Å²) in [6.45, 7) is 47.2. The molecule has 4 fully saturated rings. The van der Waals surface area contributed by atoms with Crippen molar-refractivity contribution in [2.45, 2.75) is 212 Å². The van der Waals surface area contributed by atoms with Crippen LogP contribution in [0, 0.1) is 23.7 Å². The molecular weight excluding hydrogens is 721 g/mol. The largest absolute Gasteiger partial charge is 0.462 e. The van der Waals surface area contributed by atoms with E-state index in [1.54, 1.807) is 0 Å². The topological polar surface area (TPSA) is 92.7 Å². The van der Waals surface area contributed by atoms with Crippen molar-refractivity contribution in [2.24, 2.45) is 23.7 Å². The van der Waals surface area contributed by atoms with E-state index < -0.39 is 39.6 Å². The van der Waals surface area contributed by atoms with Crippen LogP contribution in [0.5, 0.6) is 0 Å². The van der Waals surface area contributed by atoms with Crippen LogP contribution < -0.4 is 0 Å². The van der Waals surface area contributed by atoms with E-state index >= 15 is 0 Å². The minimum atomic E-state index is -1.87. The summed E-state index contributed by atoms with van der Waals surface area (Å²) < 4.78 is 38.1. The third-order valence-electron chi connectivity index (χ3n) is 14.8. The van der Waals surface area contributed by atoms with Crippen LogP contribution in [-0.2, 0) is 32.0 Å². The van der Waals surface area contributed by atoms with E-state index in [9.17, 15) is 9.90 Å². The zero-order valence-electron chi connectivity index (χ0n) is 37.2. The van der Waals surface area contributed by atoms with Crippen molar-refractivity contribution in [3.63, 3.8) is 0 Å². The zero-order valence-corrected chi connectivity index (χ0v) is 41.2. The highest BCUT2D eigenvalue weighted by atomic mass is 28.4. The molecule has 4 rings (SSSR count). The van der Waals surface area contributed by atoms with Crippen LogP contribution in [0.25, 0.3) is 0 Å². The molecule has 0 aromatic rings. The summed E-state index contributed by atoms with van der Waals surface area (Å²) in [6.07, 6.45) is 2.80. The molecule has 2 saturated carbocycles. The van der Waals surface area contributed by atoms with Crippen molar-refractivity contribution in [2.75, 3.05) is 13.2 Å². The molecule has 12 heteroatoms. The van der Waals surface area contributed by atoms with Gasteiger partial charge in [-0.3, -0.25) is 4.79 Å². The van der Waals surface area contributed by atoms with Crippen LogP contribution in [0.3, 0.4) is 0 Å². The third-order valence-corrected chi connectivity index (χ3v) is 32.8. The minimum absolute atomic E-state index is 0.0188. The molecule has 0 amide bonds. The van der Waals surface area contributed by atoms with Crippen LogP contribution >= 0.6 is 0 Å². The second-order valence-corrected chi connectivity index (χ2v) is 41.8. The van der Waals surface area contributed by atoms with Crippen LogP contribution in [0.1, 0.15) is 109 Å². The summed E-state index contributed by atoms with van der Waals surface area (Å²) in [5, 5.41) is 10.7. The van der Waals surface area contributed by atoms with Crippen LogP contribution in [-0.4, -0.2) is 88.3 Å². The van der Waals surface area contributed by atoms with Gasteiger partial charge in [0.05, 0.1) is 24.7 Å². The predicted molar refractivity (Wildman–Crippen MR) is 224 cm³/mol. The maximum absolute atomic E-state index is 11.8. The monoisotopic (exact) mass is 803 g/mol. The summed E-state index contributed by atoms with van der Waals surface area (Å²) in [6, 6.07) is 0. The second kappa shape index (κ2) is 15.8. The molecule has 1 unspecified atom stereocenters. The lowest BCUT2D eigenvalue weighted by atomic mass is 9.93. The smallest absolute Gasteiger partial charge is 0.306 e. The molecule has 4 aliphatic rings. The molecular formula is C40H82O8Si4. The molecule has 2 aliphatic heterocycles. The van der Waals surface area contributed by atoms with Gasteiger partial charge in [-0.2, -0.15) is 0 Å². The van der Waals surface area contributed by atoms with Gasteiger partial charge < -0.3 is 32.3 Å². The number of esters is 1. The first-order valence-electron chi connectivity index (χ1n) is 20.3. The van der Waals surface area contributed by atoms with Gasteiger partial charge in [0, 0.05) is 43.8 Å². The third kappa shape index (κ3) is 10.7. The van der Waals surface area contributed by atoms with Gasteiger partial charge in [0.15, 0.2) is 39.6 Å². The Morgan fingerprint density at radius 2 is 0.942 bits per heavy atom. The highest BCUT2D eigenvalue weighted by molar-refractivity contribution is 6.75. The fraction of sp³-hybridized carbons (Fsp3) is 0.975. The van der Waals surface area contributed by atoms with E-state index in [1.165, 1.54) is 0 Å². The first-order chi connectivity index (χ1) is 23.1. The number of carbonyl (C=O) groups is 1. The quantitative estimate of drug-likeness (QED) is 0.172. The van der Waals surface area contributed by atoms with Gasteiger partial charge >= 0.3 is 5.97 Å². The number of rotatable bonds is 10. The van der Waals surface area contributed by atoms with Gasteiger partial charge in [-0.05, 0) is 84.9 Å². The Bertz CT molecular complexity index is 1210. The van der Waals surface area contributed by atoms with Crippen molar-refractivity contribution < 1.29 is 37.1 Å². The van der Waals surface area contributed by atoms with Gasteiger partial charge in [0.2, 0.25) is 0 Å². The number of aliphatic hydroxyl groups excluding tert-OH is 1. The van der Waals surface area contributed by atoms with Crippen molar-refractivity contribution in [1.82, 2.24) is 0 Å². The fourth-order valence-corrected chi connectivity index (χ4v) is 11.8. The molecule has 9 atom stereocenters. The average molecular weight is 803 g/mol. The van der Waals surface area contributed by atoms with Crippen LogP contribution in [0.15, 0.2) is 0 Å². The summed E-state index contributed by atoms with van der Waals surface area (Å²) in [5.41, 5.74) is 0. The molecule has 2 aliphatic carbocycles. The first-order valence-corrected chi connectivity index (χ1v) is 31.9. The van der Waals surface area contributed by atoms with Crippen LogP contribution in [0.4, 0.5) is 0 Å². The molecule has 52 heavy (non-hydrogen) atoms. The molecule has 2 heterocycles. The molecule has 8 nitrogen and oxygen atoms in total. The maximum Gasteiger partial charge on any atom is 0.306 e. The molecule has 0 bridgehead atoms. The Morgan fingerprint density at radius 3 is 1.33 bits per heavy atom. The molecule has 0 aromatic heterocycles. The molecule has 0 spiro atoms. The number of aliphatic hydroxyl groups is 1. The van der Waals surface area contributed by atoms with Gasteiger partial charge in [-0.25, -0.2) is 0 Å². The Balaban J connectivity index is 0.000000280. The van der Waals surface area contributed by atoms with Gasteiger partial charge in [-0.1, -0.05) is 83.1 Å². The van der Waals surface area contributed by atoms with E-state index in [2.05, 4.69) is 135 Å². The van der Waals surface area contributed by atoms with E-state index in [0.29, 0.717) is 31.3 Å². The maximum atomic E-state index is 11.8. The Hall–Kier alpha value is 0.0975. The Morgan fingerprint density at radius 1 is 0.577 bits per heavy atom. The van der Waals surface area contributed by atoms with Crippen molar-refractivity contribution in [3.05, 3.63) is 0 Å². The Labute approximate surface area is 324 Å². The van der Waals surface area contributed by atoms with Crippen molar-refractivity contribution in [1.29, 1.82) is 0 Å². The number of ether oxygens (including phenoxy) is 2. The second-order valence-electron chi connectivity index (χ2n) is 22.7. The number of hydrogen-bond acceptors (Lipinski definition) is 8. The lowest BCUT2D eigenvalue weighted by Crippen LogP contribution is -2.47. The van der Waals surface area contributed by atoms with E-state index in [4.69, 9.17) is 27.2 Å². The lowest BCUT2D eigenvalue weighted by molar-refractivity contribution is -0.141. The van der Waals surface area contributed by atoms with Gasteiger partial charge in [0.25, 0.3) is 0 Å². The first kappa shape index (κ1) is 46.5. The SMILES string of the molecule is CC(C)(C)[Si](C)(C)OC[C@@H]1[C@H]2CC(=O)O[C@H]2C[C@H]1O[Si](C)(C)C(C)(C)C.CC(C)(C)[Si](C)(C)OC[C@@H]1[C@H]2CC(O)O[C@H]2C[C@H]1O[Si](C)(C)C(C)(C)C. The van der Waals surface area contributed by atoms with E-state index in [1.807, 2.05) is 0 Å². The van der Waals surface area contributed by atoms with E-state index in [0.717, 1.165) is 19.4 Å². The molecule has 306 valence electrons. The highest BCUT2D eigenvalue weighted by Gasteiger charge is 2.55. The number of hydrogen-bond donors (Lipinski definition) is 1. The molecule has 0 aromatic carbocycles. The molecule has 2 saturated heterocycles. The van der Waals surface area contributed by atoms with Crippen LogP contribution in [0.2, 0.25) is 72.5 Å².